The fourth-order valence-corrected chi connectivity index (χ4v) is 9.45. The van der Waals surface area contributed by atoms with E-state index in [0.717, 1.165) is 5.56 Å². The van der Waals surface area contributed by atoms with Crippen molar-refractivity contribution in [3.05, 3.63) is 67.3 Å². The lowest BCUT2D eigenvalue weighted by atomic mass is 9.77. The van der Waals surface area contributed by atoms with Gasteiger partial charge in [0, 0.05) is 67.8 Å². The number of amides is 4. The van der Waals surface area contributed by atoms with E-state index in [0.29, 0.717) is 40.9 Å². The number of alkyl halides is 2. The third kappa shape index (κ3) is 8.92. The lowest BCUT2D eigenvalue weighted by molar-refractivity contribution is -0.150. The second-order valence-corrected chi connectivity index (χ2v) is 19.2. The van der Waals surface area contributed by atoms with Gasteiger partial charge >= 0.3 is 0 Å². The number of aromatic nitrogens is 1. The molecule has 2 aliphatic heterocycles. The van der Waals surface area contributed by atoms with Gasteiger partial charge in [-0.05, 0) is 36.8 Å². The molecule has 2 aliphatic carbocycles. The van der Waals surface area contributed by atoms with Crippen LogP contribution in [0.5, 0.6) is 11.5 Å². The molecule has 5 atom stereocenters. The van der Waals surface area contributed by atoms with Crippen LogP contribution in [0.2, 0.25) is 0 Å². The maximum atomic E-state index is 14.9. The van der Waals surface area contributed by atoms with E-state index >= 15 is 0 Å². The Morgan fingerprint density at radius 2 is 1.75 bits per heavy atom. The molecule has 7 rings (SSSR count). The zero-order chi connectivity index (χ0) is 42.5. The van der Waals surface area contributed by atoms with Gasteiger partial charge in [-0.2, -0.15) is 0 Å². The molecule has 4 amide bonds. The number of pyridine rings is 1. The number of hydrogen-bond donors (Lipinski definition) is 2. The highest BCUT2D eigenvalue weighted by Crippen LogP contribution is 2.46. The second-order valence-electron chi connectivity index (χ2n) is 17.3. The van der Waals surface area contributed by atoms with Crippen molar-refractivity contribution in [1.29, 1.82) is 0 Å². The number of carbonyl (C=O) groups excluding carboxylic acids is 4. The first kappa shape index (κ1) is 42.0. The minimum absolute atomic E-state index is 0.0128. The van der Waals surface area contributed by atoms with Crippen molar-refractivity contribution in [2.45, 2.75) is 94.6 Å². The Kier molecular flexibility index (Phi) is 11.3. The molecule has 0 radical (unpaired) electrons. The molecule has 1 unspecified atom stereocenters. The van der Waals surface area contributed by atoms with Crippen molar-refractivity contribution in [2.24, 2.45) is 17.3 Å². The van der Waals surface area contributed by atoms with Gasteiger partial charge in [0.2, 0.25) is 27.7 Å². The number of halogens is 2. The number of carbonyl (C=O) groups is 4. The smallest absolute Gasteiger partial charge is 0.259 e. The Morgan fingerprint density at radius 1 is 1.05 bits per heavy atom. The zero-order valence-electron chi connectivity index (χ0n) is 33.7. The summed E-state index contributed by atoms with van der Waals surface area (Å²) in [4.78, 5) is 64.2. The SMILES string of the molecule is C=C[C@@H]1C[C@]1(NC(=O)[C@@H]1C[C@@H](Oc2cc(-c3ccccc3)nc3cc(OC)ccc23)CN1C(=O)C(CC(=O)N1CCC(F)(F)CC1)C(C)(C)C)C(=O)NS(=O)(=O)C1CC1. The summed E-state index contributed by atoms with van der Waals surface area (Å²) in [7, 11) is -2.39. The third-order valence-corrected chi connectivity index (χ3v) is 13.8. The Hall–Kier alpha value is -5.12. The predicted molar refractivity (Wildman–Crippen MR) is 216 cm³/mol. The number of benzene rings is 2. The highest BCUT2D eigenvalue weighted by molar-refractivity contribution is 7.91. The molecule has 0 bridgehead atoms. The van der Waals surface area contributed by atoms with Crippen LogP contribution in [0.3, 0.4) is 0 Å². The molecule has 4 aliphatic rings. The molecular weight excluding hydrogens is 785 g/mol. The van der Waals surface area contributed by atoms with Gasteiger partial charge in [-0.1, -0.05) is 57.2 Å². The molecule has 0 spiro atoms. The lowest BCUT2D eigenvalue weighted by Crippen LogP contribution is -2.57. The van der Waals surface area contributed by atoms with Gasteiger partial charge in [0.1, 0.15) is 29.2 Å². The number of ether oxygens (including phenoxy) is 2. The quantitative estimate of drug-likeness (QED) is 0.219. The molecule has 4 fully saturated rings. The van der Waals surface area contributed by atoms with E-state index in [1.807, 2.05) is 36.4 Å². The first-order chi connectivity index (χ1) is 27.8. The Labute approximate surface area is 342 Å². The number of nitrogens with one attached hydrogen (secondary N) is 2. The topological polar surface area (TPSA) is 164 Å². The summed E-state index contributed by atoms with van der Waals surface area (Å²) in [5.41, 5.74) is -0.385. The fourth-order valence-electron chi connectivity index (χ4n) is 8.08. The van der Waals surface area contributed by atoms with E-state index < -0.39 is 92.6 Å². The van der Waals surface area contributed by atoms with Crippen molar-refractivity contribution in [2.75, 3.05) is 26.7 Å². The number of nitrogens with zero attached hydrogens (tertiary/aromatic N) is 3. The Balaban J connectivity index is 1.21. The van der Waals surface area contributed by atoms with Gasteiger partial charge in [0.05, 0.1) is 36.0 Å². The highest BCUT2D eigenvalue weighted by atomic mass is 32.2. The number of fused-ring (bicyclic) bond motifs is 1. The van der Waals surface area contributed by atoms with Gasteiger partial charge in [0.25, 0.3) is 11.8 Å². The zero-order valence-corrected chi connectivity index (χ0v) is 34.5. The minimum atomic E-state index is -3.94. The molecule has 3 heterocycles. The maximum Gasteiger partial charge on any atom is 0.259 e. The minimum Gasteiger partial charge on any atom is -0.497 e. The summed E-state index contributed by atoms with van der Waals surface area (Å²) in [5, 5.41) is 2.79. The molecule has 2 aromatic carbocycles. The van der Waals surface area contributed by atoms with Gasteiger partial charge in [0.15, 0.2) is 0 Å². The van der Waals surface area contributed by atoms with Crippen LogP contribution in [0.25, 0.3) is 22.2 Å². The van der Waals surface area contributed by atoms with Crippen LogP contribution < -0.4 is 19.5 Å². The molecule has 1 aromatic heterocycles. The summed E-state index contributed by atoms with van der Waals surface area (Å²) < 4.78 is 67.9. The van der Waals surface area contributed by atoms with Crippen LogP contribution in [0.15, 0.2) is 67.3 Å². The van der Waals surface area contributed by atoms with Crippen molar-refractivity contribution in [3.63, 3.8) is 0 Å². The number of rotatable bonds is 13. The summed E-state index contributed by atoms with van der Waals surface area (Å²) in [6.07, 6.45) is 0.478. The lowest BCUT2D eigenvalue weighted by Gasteiger charge is -2.37. The Bertz CT molecular complexity index is 2250. The van der Waals surface area contributed by atoms with E-state index in [1.165, 1.54) is 15.9 Å². The number of piperidine rings is 1. The molecule has 2 saturated carbocycles. The van der Waals surface area contributed by atoms with Gasteiger partial charge in [-0.25, -0.2) is 22.2 Å². The summed E-state index contributed by atoms with van der Waals surface area (Å²) in [6, 6.07) is 15.4. The maximum absolute atomic E-state index is 14.9. The predicted octanol–water partition coefficient (Wildman–Crippen LogP) is 5.24. The molecule has 3 aromatic rings. The van der Waals surface area contributed by atoms with E-state index in [2.05, 4.69) is 16.6 Å². The average molecular weight is 836 g/mol. The number of methoxy groups -OCH3 is 1. The van der Waals surface area contributed by atoms with Crippen LogP contribution in [0.4, 0.5) is 8.78 Å². The largest absolute Gasteiger partial charge is 0.497 e. The first-order valence-corrected chi connectivity index (χ1v) is 21.6. The van der Waals surface area contributed by atoms with Crippen LogP contribution in [0.1, 0.15) is 65.7 Å². The van der Waals surface area contributed by atoms with Crippen molar-refractivity contribution < 1.29 is 45.9 Å². The molecule has 316 valence electrons. The molecular formula is C43H51F2N5O8S. The molecule has 59 heavy (non-hydrogen) atoms. The fraction of sp³-hybridized carbons (Fsp3) is 0.512. The second kappa shape index (κ2) is 15.8. The van der Waals surface area contributed by atoms with Crippen molar-refractivity contribution in [1.82, 2.24) is 24.8 Å². The van der Waals surface area contributed by atoms with Crippen LogP contribution in [-0.4, -0.2) is 102 Å². The highest BCUT2D eigenvalue weighted by Gasteiger charge is 2.62. The average Bonchev–Trinajstić information content (AvgIpc) is 4.13. The molecule has 13 nitrogen and oxygen atoms in total. The van der Waals surface area contributed by atoms with Gasteiger partial charge in [-0.15, -0.1) is 6.58 Å². The standard InChI is InChI=1S/C43H51F2N5O8S/c1-6-27-24-43(27,40(54)48-59(55,56)30-13-14-30)47-38(52)35-21-29(25-50(35)39(53)32(41(2,3)4)22-37(51)49-18-16-42(44,45)17-19-49)58-36-23-33(26-10-8-7-9-11-26)46-34-20-28(57-5)12-15-31(34)36/h6-12,15,20,23,27,29-30,32,35H,1,13-14,16-19,21-22,24-25H2,2-5H3,(H,47,52)(H,48,54)/t27-,29-,32?,35+,43-/m1/s1. The summed E-state index contributed by atoms with van der Waals surface area (Å²) >= 11 is 0. The van der Waals surface area contributed by atoms with Crippen LogP contribution in [0, 0.1) is 17.3 Å². The van der Waals surface area contributed by atoms with E-state index in [1.54, 1.807) is 46.1 Å². The normalized spacial score (nSPS) is 24.5. The Morgan fingerprint density at radius 3 is 2.36 bits per heavy atom. The molecule has 16 heteroatoms. The van der Waals surface area contributed by atoms with E-state index in [4.69, 9.17) is 14.5 Å². The third-order valence-electron chi connectivity index (χ3n) is 12.0. The van der Waals surface area contributed by atoms with E-state index in [9.17, 15) is 36.4 Å². The van der Waals surface area contributed by atoms with Crippen LogP contribution in [-0.2, 0) is 29.2 Å². The number of sulfonamides is 1. The number of hydrogen-bond acceptors (Lipinski definition) is 9. The molecule has 2 saturated heterocycles. The van der Waals surface area contributed by atoms with Gasteiger partial charge < -0.3 is 24.6 Å². The summed E-state index contributed by atoms with van der Waals surface area (Å²) in [6.45, 7) is 8.84. The number of likely N-dealkylation sites (tertiary alicyclic amines) is 2. The van der Waals surface area contributed by atoms with Crippen molar-refractivity contribution >= 4 is 44.6 Å². The molecule has 2 N–H and O–H groups in total. The van der Waals surface area contributed by atoms with Crippen molar-refractivity contribution in [3.8, 4) is 22.8 Å². The van der Waals surface area contributed by atoms with Gasteiger partial charge in [-0.3, -0.25) is 23.9 Å². The monoisotopic (exact) mass is 835 g/mol. The van der Waals surface area contributed by atoms with Crippen LogP contribution >= 0.6 is 0 Å². The summed E-state index contributed by atoms with van der Waals surface area (Å²) in [5.74, 6) is -5.89. The van der Waals surface area contributed by atoms with E-state index in [-0.39, 0.29) is 38.9 Å². The first-order valence-electron chi connectivity index (χ1n) is 20.0.